The first kappa shape index (κ1) is 17.7. The van der Waals surface area contributed by atoms with Crippen LogP contribution in [0.3, 0.4) is 0 Å². The number of carbonyl (C=O) groups excluding carboxylic acids is 2. The van der Waals surface area contributed by atoms with Crippen molar-refractivity contribution < 1.29 is 19.4 Å². The average Bonchev–Trinajstić information content (AvgIpc) is 2.81. The number of para-hydroxylation sites is 1. The van der Waals surface area contributed by atoms with Crippen molar-refractivity contribution in [2.24, 2.45) is 5.41 Å². The lowest BCUT2D eigenvalue weighted by atomic mass is 9.69. The van der Waals surface area contributed by atoms with Crippen LogP contribution in [0.15, 0.2) is 24.3 Å². The van der Waals surface area contributed by atoms with Crippen LogP contribution in [0.4, 0.5) is 10.5 Å². The van der Waals surface area contributed by atoms with Gasteiger partial charge in [-0.3, -0.25) is 4.79 Å². The molecule has 1 aromatic rings. The molecule has 1 atom stereocenters. The molecule has 1 saturated carbocycles. The maximum atomic E-state index is 12.1. The van der Waals surface area contributed by atoms with Crippen molar-refractivity contribution in [1.82, 2.24) is 10.6 Å². The van der Waals surface area contributed by atoms with Crippen LogP contribution in [-0.2, 0) is 15.1 Å². The lowest BCUT2D eigenvalue weighted by Crippen LogP contribution is -2.48. The molecule has 1 fully saturated rings. The van der Waals surface area contributed by atoms with Crippen molar-refractivity contribution in [3.8, 4) is 0 Å². The van der Waals surface area contributed by atoms with Crippen LogP contribution in [0.5, 0.6) is 0 Å². The van der Waals surface area contributed by atoms with E-state index in [2.05, 4.69) is 16.0 Å². The van der Waals surface area contributed by atoms with Crippen molar-refractivity contribution in [2.75, 3.05) is 32.1 Å². The van der Waals surface area contributed by atoms with E-state index in [1.165, 1.54) is 0 Å². The van der Waals surface area contributed by atoms with Gasteiger partial charge in [-0.1, -0.05) is 24.6 Å². The molecular weight excluding hydrogens is 322 g/mol. The fourth-order valence-electron chi connectivity index (χ4n) is 3.59. The van der Waals surface area contributed by atoms with E-state index in [1.54, 1.807) is 31.4 Å². The zero-order valence-corrected chi connectivity index (χ0v) is 14.4. The molecule has 1 aliphatic carbocycles. The van der Waals surface area contributed by atoms with Crippen LogP contribution in [0.2, 0.25) is 0 Å². The number of aliphatic hydroxyl groups is 1. The minimum Gasteiger partial charge on any atom is -0.384 e. The second-order valence-electron chi connectivity index (χ2n) is 7.01. The zero-order chi connectivity index (χ0) is 17.9. The lowest BCUT2D eigenvalue weighted by Gasteiger charge is -2.41. The summed E-state index contributed by atoms with van der Waals surface area (Å²) in [4.78, 5) is 24.1. The fourth-order valence-corrected chi connectivity index (χ4v) is 3.59. The minimum atomic E-state index is -1.60. The van der Waals surface area contributed by atoms with Crippen LogP contribution in [-0.4, -0.2) is 43.9 Å². The number of nitrogens with one attached hydrogen (secondary N) is 3. The highest BCUT2D eigenvalue weighted by atomic mass is 16.5. The number of fused-ring (bicyclic) bond motifs is 1. The fraction of sp³-hybridized carbons (Fsp3) is 0.556. The number of anilines is 1. The lowest BCUT2D eigenvalue weighted by molar-refractivity contribution is -0.134. The molecule has 136 valence electrons. The van der Waals surface area contributed by atoms with Crippen molar-refractivity contribution in [1.29, 1.82) is 0 Å². The molecule has 0 radical (unpaired) electrons. The predicted octanol–water partition coefficient (Wildman–Crippen LogP) is 1.33. The smallest absolute Gasteiger partial charge is 0.314 e. The van der Waals surface area contributed by atoms with Gasteiger partial charge in [-0.25, -0.2) is 4.79 Å². The standard InChI is InChI=1S/C18H25N3O4/c1-25-12-17(7-4-8-17)11-20-16(23)19-10-9-18(24)13-5-2-3-6-14(13)21-15(18)22/h2-3,5-6,24H,4,7-12H2,1H3,(H,21,22)(H2,19,20,23). The molecule has 1 heterocycles. The molecule has 3 rings (SSSR count). The topological polar surface area (TPSA) is 99.7 Å². The number of carbonyl (C=O) groups is 2. The summed E-state index contributed by atoms with van der Waals surface area (Å²) in [6.07, 6.45) is 3.39. The van der Waals surface area contributed by atoms with Crippen molar-refractivity contribution in [3.63, 3.8) is 0 Å². The summed E-state index contributed by atoms with van der Waals surface area (Å²) in [5, 5.41) is 19.0. The maximum absolute atomic E-state index is 12.1. The molecule has 0 saturated heterocycles. The quantitative estimate of drug-likeness (QED) is 0.598. The van der Waals surface area contributed by atoms with Crippen LogP contribution < -0.4 is 16.0 Å². The SMILES string of the molecule is COCC1(CNC(=O)NCCC2(O)C(=O)Nc3ccccc32)CCC1. The summed E-state index contributed by atoms with van der Waals surface area (Å²) in [6.45, 7) is 1.41. The Kier molecular flexibility index (Phi) is 4.96. The van der Waals surface area contributed by atoms with Crippen molar-refractivity contribution in [2.45, 2.75) is 31.3 Å². The first-order valence-electron chi connectivity index (χ1n) is 8.63. The third kappa shape index (κ3) is 3.48. The molecule has 0 spiro atoms. The number of hydrogen-bond donors (Lipinski definition) is 4. The Labute approximate surface area is 147 Å². The molecule has 1 aliphatic heterocycles. The van der Waals surface area contributed by atoms with Gasteiger partial charge in [0.15, 0.2) is 5.60 Å². The Morgan fingerprint density at radius 2 is 2.08 bits per heavy atom. The first-order valence-corrected chi connectivity index (χ1v) is 8.63. The van der Waals surface area contributed by atoms with E-state index in [0.29, 0.717) is 24.4 Å². The summed E-state index contributed by atoms with van der Waals surface area (Å²) in [7, 11) is 1.67. The highest BCUT2D eigenvalue weighted by Gasteiger charge is 2.44. The van der Waals surface area contributed by atoms with Gasteiger partial charge in [-0.15, -0.1) is 0 Å². The molecule has 0 bridgehead atoms. The number of ether oxygens (including phenoxy) is 1. The number of methoxy groups -OCH3 is 1. The van der Waals surface area contributed by atoms with Gasteiger partial charge in [0.1, 0.15) is 0 Å². The number of hydrogen-bond acceptors (Lipinski definition) is 4. The summed E-state index contributed by atoms with van der Waals surface area (Å²) >= 11 is 0. The molecule has 4 N–H and O–H groups in total. The maximum Gasteiger partial charge on any atom is 0.314 e. The summed E-state index contributed by atoms with van der Waals surface area (Å²) in [6, 6.07) is 6.75. The van der Waals surface area contributed by atoms with E-state index in [0.717, 1.165) is 19.3 Å². The Morgan fingerprint density at radius 3 is 2.76 bits per heavy atom. The Bertz CT molecular complexity index is 659. The molecule has 2 aliphatic rings. The van der Waals surface area contributed by atoms with Crippen LogP contribution in [0, 0.1) is 5.41 Å². The first-order chi connectivity index (χ1) is 12.0. The third-order valence-electron chi connectivity index (χ3n) is 5.26. The van der Waals surface area contributed by atoms with Gasteiger partial charge in [-0.05, 0) is 18.9 Å². The van der Waals surface area contributed by atoms with E-state index in [-0.39, 0.29) is 24.4 Å². The molecule has 7 nitrogen and oxygen atoms in total. The van der Waals surface area contributed by atoms with Gasteiger partial charge in [0.25, 0.3) is 5.91 Å². The molecule has 7 heteroatoms. The Morgan fingerprint density at radius 1 is 1.32 bits per heavy atom. The number of rotatable bonds is 7. The number of benzene rings is 1. The summed E-state index contributed by atoms with van der Waals surface area (Å²) in [5.74, 6) is -0.454. The van der Waals surface area contributed by atoms with Gasteiger partial charge >= 0.3 is 6.03 Å². The predicted molar refractivity (Wildman–Crippen MR) is 93.1 cm³/mol. The normalized spacial score (nSPS) is 23.4. The second-order valence-corrected chi connectivity index (χ2v) is 7.01. The minimum absolute atomic E-state index is 0.0502. The highest BCUT2D eigenvalue weighted by molar-refractivity contribution is 6.04. The van der Waals surface area contributed by atoms with Gasteiger partial charge < -0.3 is 25.8 Å². The Hall–Kier alpha value is -2.12. The van der Waals surface area contributed by atoms with E-state index in [4.69, 9.17) is 4.74 Å². The van der Waals surface area contributed by atoms with E-state index >= 15 is 0 Å². The van der Waals surface area contributed by atoms with Gasteiger partial charge in [0.05, 0.1) is 6.61 Å². The summed E-state index contributed by atoms with van der Waals surface area (Å²) in [5.41, 5.74) is -0.384. The number of urea groups is 1. The highest BCUT2D eigenvalue weighted by Crippen LogP contribution is 2.40. The second kappa shape index (κ2) is 7.01. The molecular formula is C18H25N3O4. The van der Waals surface area contributed by atoms with E-state index < -0.39 is 11.5 Å². The number of amides is 3. The van der Waals surface area contributed by atoms with Crippen LogP contribution in [0.1, 0.15) is 31.2 Å². The molecule has 3 amide bonds. The zero-order valence-electron chi connectivity index (χ0n) is 14.4. The van der Waals surface area contributed by atoms with Gasteiger partial charge in [0.2, 0.25) is 0 Å². The van der Waals surface area contributed by atoms with Crippen LogP contribution in [0.25, 0.3) is 0 Å². The summed E-state index contributed by atoms with van der Waals surface area (Å²) < 4.78 is 5.24. The molecule has 1 unspecified atom stereocenters. The third-order valence-corrected chi connectivity index (χ3v) is 5.26. The van der Waals surface area contributed by atoms with Gasteiger partial charge in [0, 0.05) is 43.3 Å². The van der Waals surface area contributed by atoms with E-state index in [1.807, 2.05) is 0 Å². The van der Waals surface area contributed by atoms with Crippen molar-refractivity contribution >= 4 is 17.6 Å². The van der Waals surface area contributed by atoms with E-state index in [9.17, 15) is 14.7 Å². The largest absolute Gasteiger partial charge is 0.384 e. The van der Waals surface area contributed by atoms with Crippen LogP contribution >= 0.6 is 0 Å². The molecule has 25 heavy (non-hydrogen) atoms. The monoisotopic (exact) mass is 347 g/mol. The molecule has 0 aromatic heterocycles. The molecule has 1 aromatic carbocycles. The average molecular weight is 347 g/mol. The van der Waals surface area contributed by atoms with Crippen molar-refractivity contribution in [3.05, 3.63) is 29.8 Å². The Balaban J connectivity index is 1.48. The van der Waals surface area contributed by atoms with Gasteiger partial charge in [-0.2, -0.15) is 0 Å².